The molecule has 0 amide bonds. The fourth-order valence-electron chi connectivity index (χ4n) is 1.06. The number of hydrogen-bond acceptors (Lipinski definition) is 3. The Labute approximate surface area is 78.5 Å². The molecule has 1 aromatic heterocycles. The molecule has 1 atom stereocenters. The van der Waals surface area contributed by atoms with E-state index in [0.717, 1.165) is 5.69 Å². The SMILES string of the molecule is Cc1cc(OC(CN)C(C)C)n[nH]1. The van der Waals surface area contributed by atoms with Gasteiger partial charge in [0.15, 0.2) is 0 Å². The minimum atomic E-state index is 0.0442. The maximum atomic E-state index is 5.58. The molecule has 0 fully saturated rings. The van der Waals surface area contributed by atoms with Gasteiger partial charge in [-0.1, -0.05) is 13.8 Å². The molecule has 4 nitrogen and oxygen atoms in total. The van der Waals surface area contributed by atoms with E-state index in [1.165, 1.54) is 0 Å². The first kappa shape index (κ1) is 10.1. The monoisotopic (exact) mass is 183 g/mol. The fraction of sp³-hybridized carbons (Fsp3) is 0.667. The van der Waals surface area contributed by atoms with Gasteiger partial charge in [-0.25, -0.2) is 0 Å². The third-order valence-corrected chi connectivity index (χ3v) is 1.93. The molecule has 0 aliphatic rings. The van der Waals surface area contributed by atoms with Crippen molar-refractivity contribution in [3.63, 3.8) is 0 Å². The lowest BCUT2D eigenvalue weighted by atomic mass is 10.1. The van der Waals surface area contributed by atoms with Crippen LogP contribution in [0.3, 0.4) is 0 Å². The Morgan fingerprint density at radius 2 is 2.31 bits per heavy atom. The smallest absolute Gasteiger partial charge is 0.233 e. The molecule has 3 N–H and O–H groups in total. The normalized spacial score (nSPS) is 13.3. The van der Waals surface area contributed by atoms with Crippen LogP contribution >= 0.6 is 0 Å². The van der Waals surface area contributed by atoms with Gasteiger partial charge < -0.3 is 10.5 Å². The molecule has 0 saturated heterocycles. The van der Waals surface area contributed by atoms with E-state index in [1.807, 2.05) is 13.0 Å². The van der Waals surface area contributed by atoms with Gasteiger partial charge in [-0.05, 0) is 12.8 Å². The van der Waals surface area contributed by atoms with Gasteiger partial charge >= 0.3 is 0 Å². The van der Waals surface area contributed by atoms with Crippen LogP contribution in [0.25, 0.3) is 0 Å². The first-order valence-corrected chi connectivity index (χ1v) is 4.52. The number of nitrogens with zero attached hydrogens (tertiary/aromatic N) is 1. The minimum absolute atomic E-state index is 0.0442. The summed E-state index contributed by atoms with van der Waals surface area (Å²) in [7, 11) is 0. The molecule has 1 unspecified atom stereocenters. The van der Waals surface area contributed by atoms with Crippen molar-refractivity contribution in [3.05, 3.63) is 11.8 Å². The number of H-pyrrole nitrogens is 1. The zero-order valence-electron chi connectivity index (χ0n) is 8.37. The molecular weight excluding hydrogens is 166 g/mol. The summed E-state index contributed by atoms with van der Waals surface area (Å²) in [6.07, 6.45) is 0.0442. The Morgan fingerprint density at radius 1 is 1.62 bits per heavy atom. The summed E-state index contributed by atoms with van der Waals surface area (Å²) < 4.78 is 5.58. The number of hydrogen-bond donors (Lipinski definition) is 2. The summed E-state index contributed by atoms with van der Waals surface area (Å²) in [4.78, 5) is 0. The molecule has 0 aromatic carbocycles. The van der Waals surface area contributed by atoms with E-state index in [9.17, 15) is 0 Å². The predicted molar refractivity (Wildman–Crippen MR) is 51.6 cm³/mol. The van der Waals surface area contributed by atoms with Gasteiger partial charge in [0.2, 0.25) is 5.88 Å². The average Bonchev–Trinajstić information content (AvgIpc) is 2.46. The van der Waals surface area contributed by atoms with Gasteiger partial charge in [0.1, 0.15) is 6.10 Å². The lowest BCUT2D eigenvalue weighted by molar-refractivity contribution is 0.152. The highest BCUT2D eigenvalue weighted by Crippen LogP contribution is 2.12. The van der Waals surface area contributed by atoms with Crippen LogP contribution in [0, 0.1) is 12.8 Å². The van der Waals surface area contributed by atoms with Crippen molar-refractivity contribution in [2.75, 3.05) is 6.54 Å². The van der Waals surface area contributed by atoms with Crippen molar-refractivity contribution >= 4 is 0 Å². The Morgan fingerprint density at radius 3 is 2.69 bits per heavy atom. The second-order valence-corrected chi connectivity index (χ2v) is 3.53. The van der Waals surface area contributed by atoms with Crippen molar-refractivity contribution in [1.29, 1.82) is 0 Å². The largest absolute Gasteiger partial charge is 0.472 e. The van der Waals surface area contributed by atoms with Crippen LogP contribution in [0.2, 0.25) is 0 Å². The number of rotatable bonds is 4. The molecule has 4 heteroatoms. The highest BCUT2D eigenvalue weighted by Gasteiger charge is 2.14. The van der Waals surface area contributed by atoms with E-state index in [1.54, 1.807) is 0 Å². The zero-order chi connectivity index (χ0) is 9.84. The van der Waals surface area contributed by atoms with Crippen LogP contribution < -0.4 is 10.5 Å². The van der Waals surface area contributed by atoms with Crippen molar-refractivity contribution in [2.45, 2.75) is 26.9 Å². The lowest BCUT2D eigenvalue weighted by Gasteiger charge is -2.18. The summed E-state index contributed by atoms with van der Waals surface area (Å²) in [5.41, 5.74) is 6.56. The summed E-state index contributed by atoms with van der Waals surface area (Å²) in [5, 5.41) is 6.80. The predicted octanol–water partition coefficient (Wildman–Crippen LogP) is 1.08. The van der Waals surface area contributed by atoms with Crippen molar-refractivity contribution in [3.8, 4) is 5.88 Å². The lowest BCUT2D eigenvalue weighted by Crippen LogP contribution is -2.31. The first-order chi connectivity index (χ1) is 6.13. The molecule has 0 spiro atoms. The average molecular weight is 183 g/mol. The zero-order valence-corrected chi connectivity index (χ0v) is 8.37. The van der Waals surface area contributed by atoms with E-state index in [0.29, 0.717) is 18.3 Å². The number of nitrogens with two attached hydrogens (primary N) is 1. The quantitative estimate of drug-likeness (QED) is 0.734. The van der Waals surface area contributed by atoms with Crippen molar-refractivity contribution in [2.24, 2.45) is 11.7 Å². The second-order valence-electron chi connectivity index (χ2n) is 3.53. The summed E-state index contributed by atoms with van der Waals surface area (Å²) >= 11 is 0. The molecule has 0 aliphatic carbocycles. The number of aromatic amines is 1. The molecule has 74 valence electrons. The Bertz CT molecular complexity index is 257. The van der Waals surface area contributed by atoms with Gasteiger partial charge in [0.05, 0.1) is 0 Å². The molecule has 0 radical (unpaired) electrons. The Hall–Kier alpha value is -1.03. The molecule has 1 aromatic rings. The molecule has 1 heterocycles. The summed E-state index contributed by atoms with van der Waals surface area (Å²) in [6, 6.07) is 1.87. The van der Waals surface area contributed by atoms with Crippen LogP contribution in [-0.4, -0.2) is 22.8 Å². The highest BCUT2D eigenvalue weighted by atomic mass is 16.5. The Kier molecular flexibility index (Phi) is 3.31. The number of nitrogens with one attached hydrogen (secondary N) is 1. The summed E-state index contributed by atoms with van der Waals surface area (Å²) in [6.45, 7) is 6.62. The summed E-state index contributed by atoms with van der Waals surface area (Å²) in [5.74, 6) is 1.03. The Balaban J connectivity index is 2.56. The molecule has 0 saturated carbocycles. The third-order valence-electron chi connectivity index (χ3n) is 1.93. The topological polar surface area (TPSA) is 63.9 Å². The van der Waals surface area contributed by atoms with Crippen LogP contribution in [0.4, 0.5) is 0 Å². The number of aromatic nitrogens is 2. The third kappa shape index (κ3) is 2.73. The van der Waals surface area contributed by atoms with Crippen LogP contribution in [0.5, 0.6) is 5.88 Å². The fourth-order valence-corrected chi connectivity index (χ4v) is 1.06. The van der Waals surface area contributed by atoms with Crippen LogP contribution in [-0.2, 0) is 0 Å². The van der Waals surface area contributed by atoms with Gasteiger partial charge in [0, 0.05) is 18.3 Å². The molecule has 1 rings (SSSR count). The van der Waals surface area contributed by atoms with Crippen LogP contribution in [0.15, 0.2) is 6.07 Å². The molecular formula is C9H17N3O. The van der Waals surface area contributed by atoms with E-state index < -0.39 is 0 Å². The minimum Gasteiger partial charge on any atom is -0.472 e. The van der Waals surface area contributed by atoms with E-state index >= 15 is 0 Å². The first-order valence-electron chi connectivity index (χ1n) is 4.52. The van der Waals surface area contributed by atoms with Gasteiger partial charge in [-0.15, -0.1) is 5.10 Å². The highest BCUT2D eigenvalue weighted by molar-refractivity contribution is 5.12. The standard InChI is InChI=1S/C9H17N3O/c1-6(2)8(5-10)13-9-4-7(3)11-12-9/h4,6,8H,5,10H2,1-3H3,(H,11,12). The molecule has 0 bridgehead atoms. The van der Waals surface area contributed by atoms with Crippen LogP contribution in [0.1, 0.15) is 19.5 Å². The van der Waals surface area contributed by atoms with E-state index in [4.69, 9.17) is 10.5 Å². The number of aryl methyl sites for hydroxylation is 1. The maximum absolute atomic E-state index is 5.58. The van der Waals surface area contributed by atoms with E-state index in [-0.39, 0.29) is 6.10 Å². The van der Waals surface area contributed by atoms with Gasteiger partial charge in [-0.3, -0.25) is 5.10 Å². The van der Waals surface area contributed by atoms with Crippen molar-refractivity contribution < 1.29 is 4.74 Å². The van der Waals surface area contributed by atoms with Crippen molar-refractivity contribution in [1.82, 2.24) is 10.2 Å². The van der Waals surface area contributed by atoms with Gasteiger partial charge in [0.25, 0.3) is 0 Å². The van der Waals surface area contributed by atoms with Gasteiger partial charge in [-0.2, -0.15) is 0 Å². The maximum Gasteiger partial charge on any atom is 0.233 e. The molecule has 13 heavy (non-hydrogen) atoms. The number of ether oxygens (including phenoxy) is 1. The molecule has 0 aliphatic heterocycles. The second kappa shape index (κ2) is 4.28. The van der Waals surface area contributed by atoms with E-state index in [2.05, 4.69) is 24.0 Å².